The van der Waals surface area contributed by atoms with Crippen molar-refractivity contribution in [3.8, 4) is 0 Å². The first-order valence-electron chi connectivity index (χ1n) is 4.22. The van der Waals surface area contributed by atoms with Gasteiger partial charge in [-0.25, -0.2) is 4.98 Å². The van der Waals surface area contributed by atoms with Crippen molar-refractivity contribution < 1.29 is 0 Å². The third-order valence-corrected chi connectivity index (χ3v) is 2.01. The molecule has 2 heterocycles. The Morgan fingerprint density at radius 2 is 2.33 bits per heavy atom. The van der Waals surface area contributed by atoms with Crippen molar-refractivity contribution in [2.45, 2.75) is 6.92 Å². The highest BCUT2D eigenvalue weighted by Gasteiger charge is 2.03. The molecular weight excluding hydrogens is 216 g/mol. The van der Waals surface area contributed by atoms with Gasteiger partial charge in [0.25, 0.3) is 0 Å². The minimum Gasteiger partial charge on any atom is -0.382 e. The van der Waals surface area contributed by atoms with Crippen molar-refractivity contribution in [1.29, 1.82) is 0 Å². The van der Waals surface area contributed by atoms with E-state index in [2.05, 4.69) is 25.5 Å². The van der Waals surface area contributed by atoms with Crippen LogP contribution in [0.3, 0.4) is 0 Å². The fraction of sp³-hybridized carbons (Fsp3) is 0.125. The predicted molar refractivity (Wildman–Crippen MR) is 58.1 cm³/mol. The van der Waals surface area contributed by atoms with E-state index >= 15 is 0 Å². The lowest BCUT2D eigenvalue weighted by atomic mass is 10.5. The van der Waals surface area contributed by atoms with Gasteiger partial charge in [-0.05, 0) is 6.92 Å². The Morgan fingerprint density at radius 3 is 2.93 bits per heavy atom. The lowest BCUT2D eigenvalue weighted by Crippen LogP contribution is -2.00. The number of nitrogens with one attached hydrogen (secondary N) is 2. The molecule has 0 fully saturated rings. The quantitative estimate of drug-likeness (QED) is 0.719. The summed E-state index contributed by atoms with van der Waals surface area (Å²) in [6.07, 6.45) is 1.44. The molecular formula is C8H9ClN6. The molecule has 0 unspecified atom stereocenters. The van der Waals surface area contributed by atoms with E-state index in [1.54, 1.807) is 0 Å². The molecule has 2 aromatic rings. The van der Waals surface area contributed by atoms with E-state index in [4.69, 9.17) is 17.3 Å². The third-order valence-electron chi connectivity index (χ3n) is 1.72. The fourth-order valence-electron chi connectivity index (χ4n) is 1.04. The number of aryl methyl sites for hydroxylation is 1. The van der Waals surface area contributed by atoms with Gasteiger partial charge in [-0.3, -0.25) is 5.10 Å². The Hall–Kier alpha value is -1.82. The molecule has 0 aliphatic rings. The Bertz CT molecular complexity index is 480. The van der Waals surface area contributed by atoms with Crippen molar-refractivity contribution >= 4 is 29.2 Å². The Kier molecular flexibility index (Phi) is 2.42. The van der Waals surface area contributed by atoms with Crippen LogP contribution in [0.1, 0.15) is 5.69 Å². The first kappa shape index (κ1) is 9.72. The Labute approximate surface area is 90.9 Å². The normalized spacial score (nSPS) is 10.3. The molecule has 0 bridgehead atoms. The lowest BCUT2D eigenvalue weighted by Gasteiger charge is -2.01. The van der Waals surface area contributed by atoms with E-state index in [1.165, 1.54) is 6.20 Å². The molecule has 0 saturated carbocycles. The topological polar surface area (TPSA) is 92.5 Å². The van der Waals surface area contributed by atoms with Crippen LogP contribution in [0.2, 0.25) is 5.02 Å². The van der Waals surface area contributed by atoms with Crippen molar-refractivity contribution in [2.24, 2.45) is 0 Å². The molecule has 78 valence electrons. The summed E-state index contributed by atoms with van der Waals surface area (Å²) in [5.41, 5.74) is 6.47. The largest absolute Gasteiger partial charge is 0.382 e. The number of nitrogens with zero attached hydrogens (tertiary/aromatic N) is 3. The molecule has 0 saturated heterocycles. The van der Waals surface area contributed by atoms with E-state index in [1.807, 2.05) is 13.0 Å². The summed E-state index contributed by atoms with van der Waals surface area (Å²) in [6.45, 7) is 1.90. The summed E-state index contributed by atoms with van der Waals surface area (Å²) >= 11 is 5.69. The zero-order chi connectivity index (χ0) is 10.8. The fourth-order valence-corrected chi connectivity index (χ4v) is 1.13. The van der Waals surface area contributed by atoms with Gasteiger partial charge in [0.1, 0.15) is 10.8 Å². The molecule has 2 aromatic heterocycles. The number of aromatic nitrogens is 4. The SMILES string of the molecule is Cc1cc(Nc2ncc(Cl)c(N)n2)n[nH]1. The minimum atomic E-state index is 0.237. The number of hydrogen-bond acceptors (Lipinski definition) is 5. The van der Waals surface area contributed by atoms with E-state index in [9.17, 15) is 0 Å². The lowest BCUT2D eigenvalue weighted by molar-refractivity contribution is 1.04. The average molecular weight is 225 g/mol. The zero-order valence-electron chi connectivity index (χ0n) is 7.95. The number of anilines is 3. The maximum absolute atomic E-state index is 5.69. The number of H-pyrrole nitrogens is 1. The molecule has 2 rings (SSSR count). The van der Waals surface area contributed by atoms with Gasteiger partial charge in [0.2, 0.25) is 5.95 Å². The van der Waals surface area contributed by atoms with Crippen LogP contribution < -0.4 is 11.1 Å². The summed E-state index contributed by atoms with van der Waals surface area (Å²) in [6, 6.07) is 1.83. The van der Waals surface area contributed by atoms with Gasteiger partial charge < -0.3 is 11.1 Å². The average Bonchev–Trinajstić information content (AvgIpc) is 2.58. The second-order valence-electron chi connectivity index (χ2n) is 2.99. The number of aromatic amines is 1. The van der Waals surface area contributed by atoms with E-state index in [0.29, 0.717) is 16.8 Å². The standard InChI is InChI=1S/C8H9ClN6/c1-4-2-6(15-14-4)12-8-11-3-5(9)7(10)13-8/h2-3H,1H3,(H4,10,11,12,13,14,15). The van der Waals surface area contributed by atoms with Gasteiger partial charge in [-0.15, -0.1) is 0 Å². The summed E-state index contributed by atoms with van der Waals surface area (Å²) in [4.78, 5) is 7.90. The van der Waals surface area contributed by atoms with Crippen LogP contribution in [0.4, 0.5) is 17.6 Å². The van der Waals surface area contributed by atoms with E-state index in [-0.39, 0.29) is 5.82 Å². The van der Waals surface area contributed by atoms with Gasteiger partial charge in [-0.2, -0.15) is 10.1 Å². The van der Waals surface area contributed by atoms with Gasteiger partial charge in [0.15, 0.2) is 5.82 Å². The molecule has 0 spiro atoms. The number of rotatable bonds is 2. The first-order chi connectivity index (χ1) is 7.15. The smallest absolute Gasteiger partial charge is 0.230 e. The first-order valence-corrected chi connectivity index (χ1v) is 4.60. The molecule has 0 aromatic carbocycles. The van der Waals surface area contributed by atoms with Crippen LogP contribution >= 0.6 is 11.6 Å². The highest BCUT2D eigenvalue weighted by Crippen LogP contribution is 2.17. The van der Waals surface area contributed by atoms with Crippen LogP contribution in [-0.4, -0.2) is 20.2 Å². The maximum Gasteiger partial charge on any atom is 0.230 e. The van der Waals surface area contributed by atoms with Crippen molar-refractivity contribution in [3.05, 3.63) is 23.0 Å². The van der Waals surface area contributed by atoms with Gasteiger partial charge in [-0.1, -0.05) is 11.6 Å². The Balaban J connectivity index is 2.21. The van der Waals surface area contributed by atoms with E-state index in [0.717, 1.165) is 5.69 Å². The summed E-state index contributed by atoms with van der Waals surface area (Å²) < 4.78 is 0. The zero-order valence-corrected chi connectivity index (χ0v) is 8.71. The molecule has 0 radical (unpaired) electrons. The van der Waals surface area contributed by atoms with E-state index < -0.39 is 0 Å². The molecule has 15 heavy (non-hydrogen) atoms. The monoisotopic (exact) mass is 224 g/mol. The van der Waals surface area contributed by atoms with Crippen LogP contribution in [0.15, 0.2) is 12.3 Å². The molecule has 4 N–H and O–H groups in total. The maximum atomic E-state index is 5.69. The molecule has 0 aliphatic heterocycles. The number of hydrogen-bond donors (Lipinski definition) is 3. The molecule has 7 heteroatoms. The Morgan fingerprint density at radius 1 is 1.53 bits per heavy atom. The van der Waals surface area contributed by atoms with Crippen molar-refractivity contribution in [3.63, 3.8) is 0 Å². The molecule has 0 aliphatic carbocycles. The predicted octanol–water partition coefficient (Wildman–Crippen LogP) is 1.49. The van der Waals surface area contributed by atoms with Crippen molar-refractivity contribution in [1.82, 2.24) is 20.2 Å². The number of halogens is 1. The third kappa shape index (κ3) is 2.16. The number of nitrogens with two attached hydrogens (primary N) is 1. The molecule has 6 nitrogen and oxygen atoms in total. The van der Waals surface area contributed by atoms with Crippen LogP contribution in [0.5, 0.6) is 0 Å². The summed E-state index contributed by atoms with van der Waals surface area (Å²) in [5, 5.41) is 9.98. The highest BCUT2D eigenvalue weighted by atomic mass is 35.5. The van der Waals surface area contributed by atoms with Gasteiger partial charge in [0.05, 0.1) is 6.20 Å². The second kappa shape index (κ2) is 3.74. The number of nitrogen functional groups attached to an aromatic ring is 1. The van der Waals surface area contributed by atoms with Crippen LogP contribution in [0, 0.1) is 6.92 Å². The summed E-state index contributed by atoms with van der Waals surface area (Å²) in [7, 11) is 0. The minimum absolute atomic E-state index is 0.237. The summed E-state index contributed by atoms with van der Waals surface area (Å²) in [5.74, 6) is 1.24. The van der Waals surface area contributed by atoms with Gasteiger partial charge >= 0.3 is 0 Å². The second-order valence-corrected chi connectivity index (χ2v) is 3.40. The van der Waals surface area contributed by atoms with Gasteiger partial charge in [0, 0.05) is 11.8 Å². The van der Waals surface area contributed by atoms with Crippen LogP contribution in [0.25, 0.3) is 0 Å². The highest BCUT2D eigenvalue weighted by molar-refractivity contribution is 6.32. The molecule has 0 atom stereocenters. The van der Waals surface area contributed by atoms with Crippen LogP contribution in [-0.2, 0) is 0 Å². The van der Waals surface area contributed by atoms with Crippen molar-refractivity contribution in [2.75, 3.05) is 11.1 Å². The molecule has 0 amide bonds.